The summed E-state index contributed by atoms with van der Waals surface area (Å²) in [7, 11) is -3.75. The van der Waals surface area contributed by atoms with Gasteiger partial charge in [-0.2, -0.15) is 0 Å². The number of sulfonamides is 1. The number of amides is 2. The maximum atomic E-state index is 13.6. The lowest BCUT2D eigenvalue weighted by Gasteiger charge is -2.33. The fourth-order valence-corrected chi connectivity index (χ4v) is 4.78. The van der Waals surface area contributed by atoms with E-state index < -0.39 is 27.5 Å². The molecule has 186 valence electrons. The molecule has 0 spiro atoms. The van der Waals surface area contributed by atoms with E-state index >= 15 is 0 Å². The van der Waals surface area contributed by atoms with Crippen molar-refractivity contribution in [3.05, 3.63) is 65.2 Å². The van der Waals surface area contributed by atoms with Gasteiger partial charge in [0.2, 0.25) is 21.8 Å². The summed E-state index contributed by atoms with van der Waals surface area (Å²) in [5, 5.41) is 2.92. The fourth-order valence-electron chi connectivity index (χ4n) is 3.82. The zero-order valence-corrected chi connectivity index (χ0v) is 22.1. The Hall–Kier alpha value is -2.87. The van der Waals surface area contributed by atoms with Crippen molar-refractivity contribution < 1.29 is 18.0 Å². The molecule has 0 unspecified atom stereocenters. The highest BCUT2D eigenvalue weighted by Crippen LogP contribution is 2.27. The quantitative estimate of drug-likeness (QED) is 0.587. The first-order valence-corrected chi connectivity index (χ1v) is 13.2. The van der Waals surface area contributed by atoms with Crippen molar-refractivity contribution in [3.8, 4) is 0 Å². The topological polar surface area (TPSA) is 86.8 Å². The highest BCUT2D eigenvalue weighted by molar-refractivity contribution is 7.92. The molecule has 0 radical (unpaired) electrons. The van der Waals surface area contributed by atoms with Crippen LogP contribution in [0.25, 0.3) is 0 Å². The molecule has 0 saturated carbocycles. The second kappa shape index (κ2) is 11.0. The standard InChI is InChI=1S/C26H37N3O4S/c1-19-12-11-13-20(2)24(19)29(34(7,32)33)18-23(30)28(17-16-22-14-9-8-10-15-22)21(3)25(31)27-26(4,5)6/h8-15,21H,16-18H2,1-7H3,(H,27,31)/t21-/m0/s1. The molecule has 1 atom stereocenters. The average molecular weight is 488 g/mol. The molecule has 0 aromatic heterocycles. The van der Waals surface area contributed by atoms with Crippen LogP contribution in [0.4, 0.5) is 5.69 Å². The van der Waals surface area contributed by atoms with E-state index in [9.17, 15) is 18.0 Å². The zero-order chi connectivity index (χ0) is 25.7. The van der Waals surface area contributed by atoms with Crippen LogP contribution in [0.2, 0.25) is 0 Å². The Labute approximate surface area is 204 Å². The predicted molar refractivity (Wildman–Crippen MR) is 137 cm³/mol. The number of aryl methyl sites for hydroxylation is 2. The molecule has 0 aliphatic rings. The summed E-state index contributed by atoms with van der Waals surface area (Å²) in [6, 6.07) is 14.4. The Balaban J connectivity index is 2.38. The maximum Gasteiger partial charge on any atom is 0.244 e. The van der Waals surface area contributed by atoms with Gasteiger partial charge in [0.1, 0.15) is 12.6 Å². The van der Waals surface area contributed by atoms with E-state index in [1.165, 1.54) is 4.90 Å². The first kappa shape index (κ1) is 27.4. The third kappa shape index (κ3) is 7.58. The molecule has 8 heteroatoms. The van der Waals surface area contributed by atoms with Gasteiger partial charge in [-0.3, -0.25) is 13.9 Å². The largest absolute Gasteiger partial charge is 0.350 e. The monoisotopic (exact) mass is 487 g/mol. The Morgan fingerprint density at radius 3 is 2.03 bits per heavy atom. The average Bonchev–Trinajstić information content (AvgIpc) is 2.71. The molecule has 2 rings (SSSR count). The van der Waals surface area contributed by atoms with Crippen LogP contribution in [-0.4, -0.2) is 56.1 Å². The predicted octanol–water partition coefficient (Wildman–Crippen LogP) is 3.44. The molecular weight excluding hydrogens is 450 g/mol. The Kier molecular flexibility index (Phi) is 8.89. The van der Waals surface area contributed by atoms with Gasteiger partial charge in [-0.25, -0.2) is 8.42 Å². The second-order valence-electron chi connectivity index (χ2n) is 9.75. The summed E-state index contributed by atoms with van der Waals surface area (Å²) in [4.78, 5) is 28.0. The van der Waals surface area contributed by atoms with E-state index in [0.717, 1.165) is 27.3 Å². The van der Waals surface area contributed by atoms with Crippen molar-refractivity contribution in [1.82, 2.24) is 10.2 Å². The highest BCUT2D eigenvalue weighted by Gasteiger charge is 2.31. The van der Waals surface area contributed by atoms with Gasteiger partial charge < -0.3 is 10.2 Å². The number of benzene rings is 2. The van der Waals surface area contributed by atoms with Crippen LogP contribution in [0.3, 0.4) is 0 Å². The number of carbonyl (C=O) groups excluding carboxylic acids is 2. The molecule has 2 aromatic rings. The van der Waals surface area contributed by atoms with Gasteiger partial charge in [-0.1, -0.05) is 48.5 Å². The number of hydrogen-bond donors (Lipinski definition) is 1. The van der Waals surface area contributed by atoms with E-state index in [1.54, 1.807) is 6.92 Å². The summed E-state index contributed by atoms with van der Waals surface area (Å²) >= 11 is 0. The molecule has 7 nitrogen and oxygen atoms in total. The maximum absolute atomic E-state index is 13.6. The van der Waals surface area contributed by atoms with Crippen molar-refractivity contribution in [1.29, 1.82) is 0 Å². The molecule has 0 saturated heterocycles. The van der Waals surface area contributed by atoms with Gasteiger partial charge in [0.25, 0.3) is 0 Å². The van der Waals surface area contributed by atoms with Gasteiger partial charge >= 0.3 is 0 Å². The summed E-state index contributed by atoms with van der Waals surface area (Å²) in [5.41, 5.74) is 2.57. The van der Waals surface area contributed by atoms with Crippen LogP contribution in [-0.2, 0) is 26.0 Å². The molecule has 2 aromatic carbocycles. The number of rotatable bonds is 9. The third-order valence-electron chi connectivity index (χ3n) is 5.52. The first-order chi connectivity index (χ1) is 15.7. The van der Waals surface area contributed by atoms with E-state index in [-0.39, 0.29) is 19.0 Å². The molecule has 0 aliphatic carbocycles. The van der Waals surface area contributed by atoms with Gasteiger partial charge in [-0.05, 0) is 64.7 Å². The molecular formula is C26H37N3O4S. The number of carbonyl (C=O) groups is 2. The van der Waals surface area contributed by atoms with Gasteiger partial charge in [-0.15, -0.1) is 0 Å². The van der Waals surface area contributed by atoms with Crippen molar-refractivity contribution in [2.24, 2.45) is 0 Å². The number of para-hydroxylation sites is 1. The highest BCUT2D eigenvalue weighted by atomic mass is 32.2. The van der Waals surface area contributed by atoms with E-state index in [4.69, 9.17) is 0 Å². The lowest BCUT2D eigenvalue weighted by Crippen LogP contribution is -2.55. The van der Waals surface area contributed by atoms with Crippen LogP contribution in [0.1, 0.15) is 44.4 Å². The number of nitrogens with one attached hydrogen (secondary N) is 1. The van der Waals surface area contributed by atoms with Crippen LogP contribution in [0.5, 0.6) is 0 Å². The van der Waals surface area contributed by atoms with Crippen molar-refractivity contribution in [2.75, 3.05) is 23.7 Å². The SMILES string of the molecule is Cc1cccc(C)c1N(CC(=O)N(CCc1ccccc1)[C@@H](C)C(=O)NC(C)(C)C)S(C)(=O)=O. The number of nitrogens with zero attached hydrogens (tertiary/aromatic N) is 2. The molecule has 34 heavy (non-hydrogen) atoms. The molecule has 0 aliphatic heterocycles. The van der Waals surface area contributed by atoms with E-state index in [0.29, 0.717) is 12.1 Å². The second-order valence-corrected chi connectivity index (χ2v) is 11.7. The zero-order valence-electron chi connectivity index (χ0n) is 21.3. The van der Waals surface area contributed by atoms with Crippen LogP contribution in [0.15, 0.2) is 48.5 Å². The third-order valence-corrected chi connectivity index (χ3v) is 6.63. The molecule has 2 amide bonds. The van der Waals surface area contributed by atoms with Crippen molar-refractivity contribution in [2.45, 2.75) is 59.5 Å². The lowest BCUT2D eigenvalue weighted by atomic mass is 10.1. The minimum atomic E-state index is -3.75. The number of anilines is 1. The minimum Gasteiger partial charge on any atom is -0.350 e. The normalized spacial score (nSPS) is 12.7. The number of hydrogen-bond acceptors (Lipinski definition) is 4. The summed E-state index contributed by atoms with van der Waals surface area (Å²) in [6.45, 7) is 10.8. The van der Waals surface area contributed by atoms with Crippen LogP contribution >= 0.6 is 0 Å². The summed E-state index contributed by atoms with van der Waals surface area (Å²) in [5.74, 6) is -0.715. The minimum absolute atomic E-state index is 0.284. The molecule has 0 bridgehead atoms. The Morgan fingerprint density at radius 1 is 0.971 bits per heavy atom. The van der Waals surface area contributed by atoms with Gasteiger partial charge in [0.05, 0.1) is 11.9 Å². The summed E-state index contributed by atoms with van der Waals surface area (Å²) in [6.07, 6.45) is 1.64. The lowest BCUT2D eigenvalue weighted by molar-refractivity contribution is -0.139. The van der Waals surface area contributed by atoms with Gasteiger partial charge in [0.15, 0.2) is 0 Å². The first-order valence-electron chi connectivity index (χ1n) is 11.4. The summed E-state index contributed by atoms with van der Waals surface area (Å²) < 4.78 is 26.6. The van der Waals surface area contributed by atoms with E-state index in [2.05, 4.69) is 5.32 Å². The molecule has 0 heterocycles. The van der Waals surface area contributed by atoms with Crippen LogP contribution < -0.4 is 9.62 Å². The van der Waals surface area contributed by atoms with Crippen molar-refractivity contribution in [3.63, 3.8) is 0 Å². The molecule has 0 fully saturated rings. The fraction of sp³-hybridized carbons (Fsp3) is 0.462. The van der Waals surface area contributed by atoms with E-state index in [1.807, 2.05) is 83.1 Å². The van der Waals surface area contributed by atoms with Crippen molar-refractivity contribution >= 4 is 27.5 Å². The molecule has 1 N–H and O–H groups in total. The van der Waals surface area contributed by atoms with Crippen LogP contribution in [0, 0.1) is 13.8 Å². The smallest absolute Gasteiger partial charge is 0.244 e. The van der Waals surface area contributed by atoms with Gasteiger partial charge in [0, 0.05) is 12.1 Å². The Morgan fingerprint density at radius 2 is 1.53 bits per heavy atom. The Bertz CT molecular complexity index is 1090.